The third-order valence-electron chi connectivity index (χ3n) is 4.21. The van der Waals surface area contributed by atoms with Crippen molar-refractivity contribution >= 4 is 5.91 Å². The number of rotatable bonds is 8. The fourth-order valence-electron chi connectivity index (χ4n) is 2.75. The van der Waals surface area contributed by atoms with Gasteiger partial charge >= 0.3 is 0 Å². The van der Waals surface area contributed by atoms with E-state index >= 15 is 0 Å². The van der Waals surface area contributed by atoms with Crippen LogP contribution in [0.3, 0.4) is 0 Å². The van der Waals surface area contributed by atoms with E-state index in [9.17, 15) is 4.79 Å². The van der Waals surface area contributed by atoms with Gasteiger partial charge in [-0.3, -0.25) is 4.79 Å². The summed E-state index contributed by atoms with van der Waals surface area (Å²) in [6, 6.07) is 1.26. The van der Waals surface area contributed by atoms with Gasteiger partial charge < -0.3 is 15.5 Å². The van der Waals surface area contributed by atoms with Gasteiger partial charge in [0.05, 0.1) is 0 Å². The Kier molecular flexibility index (Phi) is 6.11. The van der Waals surface area contributed by atoms with Gasteiger partial charge in [-0.25, -0.2) is 0 Å². The second kappa shape index (κ2) is 7.85. The molecule has 0 bridgehead atoms. The zero-order valence-corrected chi connectivity index (χ0v) is 12.3. The molecule has 0 radical (unpaired) electrons. The Morgan fingerprint density at radius 3 is 2.79 bits per heavy atom. The molecule has 1 unspecified atom stereocenters. The molecule has 0 spiro atoms. The van der Waals surface area contributed by atoms with Crippen molar-refractivity contribution in [3.8, 4) is 0 Å². The monoisotopic (exact) mass is 267 g/mol. The van der Waals surface area contributed by atoms with Gasteiger partial charge in [-0.05, 0) is 58.7 Å². The van der Waals surface area contributed by atoms with Crippen molar-refractivity contribution < 1.29 is 4.79 Å². The number of amides is 1. The number of likely N-dealkylation sites (tertiary alicyclic amines) is 1. The average molecular weight is 267 g/mol. The van der Waals surface area contributed by atoms with Gasteiger partial charge in [-0.15, -0.1) is 0 Å². The fraction of sp³-hybridized carbons (Fsp3) is 0.933. The van der Waals surface area contributed by atoms with E-state index in [1.165, 1.54) is 51.6 Å². The van der Waals surface area contributed by atoms with Crippen LogP contribution in [0.15, 0.2) is 0 Å². The van der Waals surface area contributed by atoms with Crippen molar-refractivity contribution in [2.24, 2.45) is 0 Å². The third kappa shape index (κ3) is 5.91. The van der Waals surface area contributed by atoms with E-state index in [1.807, 2.05) is 0 Å². The van der Waals surface area contributed by atoms with E-state index < -0.39 is 0 Å². The van der Waals surface area contributed by atoms with Crippen molar-refractivity contribution in [3.63, 3.8) is 0 Å². The van der Waals surface area contributed by atoms with Crippen molar-refractivity contribution in [3.05, 3.63) is 0 Å². The standard InChI is InChI=1S/C15H29N3O/c1-13-5-2-3-11-18(13)12-4-9-16-10-8-15(19)17-14-6-7-14/h13-14,16H,2-12H2,1H3,(H,17,19). The Labute approximate surface area is 117 Å². The van der Waals surface area contributed by atoms with Gasteiger partial charge in [0.2, 0.25) is 5.91 Å². The molecule has 1 saturated heterocycles. The van der Waals surface area contributed by atoms with Crippen LogP contribution in [0.2, 0.25) is 0 Å². The van der Waals surface area contributed by atoms with E-state index in [-0.39, 0.29) is 5.91 Å². The Hall–Kier alpha value is -0.610. The van der Waals surface area contributed by atoms with Crippen LogP contribution >= 0.6 is 0 Å². The molecule has 2 rings (SSSR count). The van der Waals surface area contributed by atoms with Gasteiger partial charge in [-0.1, -0.05) is 6.42 Å². The molecule has 4 heteroatoms. The van der Waals surface area contributed by atoms with E-state index in [1.54, 1.807) is 0 Å². The molecule has 2 fully saturated rings. The summed E-state index contributed by atoms with van der Waals surface area (Å²) in [5.74, 6) is 0.208. The number of hydrogen-bond acceptors (Lipinski definition) is 3. The van der Waals surface area contributed by atoms with Crippen molar-refractivity contribution in [1.82, 2.24) is 15.5 Å². The molecule has 1 heterocycles. The van der Waals surface area contributed by atoms with Crippen LogP contribution in [0.1, 0.15) is 51.9 Å². The molecule has 1 atom stereocenters. The van der Waals surface area contributed by atoms with E-state index in [0.717, 1.165) is 19.1 Å². The van der Waals surface area contributed by atoms with Crippen LogP contribution in [0.5, 0.6) is 0 Å². The van der Waals surface area contributed by atoms with E-state index in [2.05, 4.69) is 22.5 Å². The number of piperidine rings is 1. The Morgan fingerprint density at radius 1 is 1.21 bits per heavy atom. The third-order valence-corrected chi connectivity index (χ3v) is 4.21. The maximum Gasteiger partial charge on any atom is 0.221 e. The molecule has 0 aromatic carbocycles. The minimum Gasteiger partial charge on any atom is -0.353 e. The summed E-state index contributed by atoms with van der Waals surface area (Å²) < 4.78 is 0. The van der Waals surface area contributed by atoms with E-state index in [0.29, 0.717) is 12.5 Å². The molecule has 1 aliphatic carbocycles. The highest BCUT2D eigenvalue weighted by molar-refractivity contribution is 5.76. The minimum absolute atomic E-state index is 0.208. The maximum absolute atomic E-state index is 11.5. The zero-order chi connectivity index (χ0) is 13.5. The normalized spacial score (nSPS) is 24.4. The molecule has 2 aliphatic rings. The first-order chi connectivity index (χ1) is 9.25. The fourth-order valence-corrected chi connectivity index (χ4v) is 2.75. The predicted molar refractivity (Wildman–Crippen MR) is 78.2 cm³/mol. The van der Waals surface area contributed by atoms with Gasteiger partial charge in [0.15, 0.2) is 0 Å². The summed E-state index contributed by atoms with van der Waals surface area (Å²) in [6.07, 6.45) is 8.27. The smallest absolute Gasteiger partial charge is 0.221 e. The molecule has 0 aromatic heterocycles. The van der Waals surface area contributed by atoms with Crippen LogP contribution < -0.4 is 10.6 Å². The summed E-state index contributed by atoms with van der Waals surface area (Å²) in [6.45, 7) is 6.65. The predicted octanol–water partition coefficient (Wildman–Crippen LogP) is 1.51. The lowest BCUT2D eigenvalue weighted by molar-refractivity contribution is -0.121. The first-order valence-electron chi connectivity index (χ1n) is 8.00. The lowest BCUT2D eigenvalue weighted by atomic mass is 10.0. The maximum atomic E-state index is 11.5. The van der Waals surface area contributed by atoms with Gasteiger partial charge in [-0.2, -0.15) is 0 Å². The van der Waals surface area contributed by atoms with Gasteiger partial charge in [0.25, 0.3) is 0 Å². The molecule has 1 amide bonds. The number of carbonyl (C=O) groups is 1. The topological polar surface area (TPSA) is 44.4 Å². The van der Waals surface area contributed by atoms with Crippen molar-refractivity contribution in [1.29, 1.82) is 0 Å². The molecule has 2 N–H and O–H groups in total. The highest BCUT2D eigenvalue weighted by Gasteiger charge is 2.22. The largest absolute Gasteiger partial charge is 0.353 e. The number of carbonyl (C=O) groups excluding carboxylic acids is 1. The van der Waals surface area contributed by atoms with Crippen molar-refractivity contribution in [2.45, 2.75) is 64.0 Å². The first kappa shape index (κ1) is 14.8. The summed E-state index contributed by atoms with van der Waals surface area (Å²) >= 11 is 0. The number of nitrogens with one attached hydrogen (secondary N) is 2. The summed E-state index contributed by atoms with van der Waals surface area (Å²) in [7, 11) is 0. The SMILES string of the molecule is CC1CCCCN1CCCNCCC(=O)NC1CC1. The Morgan fingerprint density at radius 2 is 2.05 bits per heavy atom. The zero-order valence-electron chi connectivity index (χ0n) is 12.3. The van der Waals surface area contributed by atoms with Crippen LogP contribution in [0.4, 0.5) is 0 Å². The molecule has 110 valence electrons. The molecule has 4 nitrogen and oxygen atoms in total. The van der Waals surface area contributed by atoms with Crippen LogP contribution in [0, 0.1) is 0 Å². The highest BCUT2D eigenvalue weighted by Crippen LogP contribution is 2.18. The van der Waals surface area contributed by atoms with Crippen molar-refractivity contribution in [2.75, 3.05) is 26.2 Å². The second-order valence-corrected chi connectivity index (χ2v) is 6.08. The minimum atomic E-state index is 0.208. The lowest BCUT2D eigenvalue weighted by Gasteiger charge is -2.33. The van der Waals surface area contributed by atoms with Crippen LogP contribution in [0.25, 0.3) is 0 Å². The quantitative estimate of drug-likeness (QED) is 0.655. The first-order valence-corrected chi connectivity index (χ1v) is 8.00. The second-order valence-electron chi connectivity index (χ2n) is 6.08. The average Bonchev–Trinajstić information content (AvgIpc) is 3.19. The molecule has 1 aliphatic heterocycles. The molecule has 0 aromatic rings. The van der Waals surface area contributed by atoms with Crippen LogP contribution in [-0.2, 0) is 4.79 Å². The summed E-state index contributed by atoms with van der Waals surface area (Å²) in [5.41, 5.74) is 0. The Bertz CT molecular complexity index is 279. The number of hydrogen-bond donors (Lipinski definition) is 2. The Balaban J connectivity index is 1.42. The van der Waals surface area contributed by atoms with Gasteiger partial charge in [0.1, 0.15) is 0 Å². The molecule has 1 saturated carbocycles. The molecule has 19 heavy (non-hydrogen) atoms. The lowest BCUT2D eigenvalue weighted by Crippen LogP contribution is -2.39. The number of nitrogens with zero attached hydrogens (tertiary/aromatic N) is 1. The molecular formula is C15H29N3O. The van der Waals surface area contributed by atoms with E-state index in [4.69, 9.17) is 0 Å². The highest BCUT2D eigenvalue weighted by atomic mass is 16.1. The van der Waals surface area contributed by atoms with Gasteiger partial charge in [0, 0.05) is 25.0 Å². The van der Waals surface area contributed by atoms with Crippen LogP contribution in [-0.4, -0.2) is 49.1 Å². The molecular weight excluding hydrogens is 238 g/mol. The summed E-state index contributed by atoms with van der Waals surface area (Å²) in [5, 5.41) is 6.39. The summed E-state index contributed by atoms with van der Waals surface area (Å²) in [4.78, 5) is 14.1.